The lowest BCUT2D eigenvalue weighted by Gasteiger charge is -1.96. The molecule has 68 valence electrons. The van der Waals surface area contributed by atoms with Gasteiger partial charge in [0.25, 0.3) is 0 Å². The van der Waals surface area contributed by atoms with Crippen molar-refractivity contribution in [1.29, 1.82) is 0 Å². The number of allylic oxidation sites excluding steroid dienone is 2. The van der Waals surface area contributed by atoms with Crippen molar-refractivity contribution >= 4 is 12.7 Å². The second-order valence-electron chi connectivity index (χ2n) is 3.25. The van der Waals surface area contributed by atoms with Gasteiger partial charge in [0.2, 0.25) is 0 Å². The van der Waals surface area contributed by atoms with Crippen LogP contribution >= 0.6 is 0 Å². The summed E-state index contributed by atoms with van der Waals surface area (Å²) >= 11 is 0. The van der Waals surface area contributed by atoms with Gasteiger partial charge >= 0.3 is 0 Å². The minimum atomic E-state index is 0.480. The first-order chi connectivity index (χ1) is 6.24. The van der Waals surface area contributed by atoms with Crippen molar-refractivity contribution in [2.45, 2.75) is 13.8 Å². The second kappa shape index (κ2) is 4.66. The summed E-state index contributed by atoms with van der Waals surface area (Å²) < 4.78 is 0. The largest absolute Gasteiger partial charge is 0.0912 e. The molecule has 0 aromatic heterocycles. The molecular formula is C13H16. The molecule has 0 fully saturated rings. The Bertz CT molecular complexity index is 385. The molecule has 0 aliphatic heterocycles. The van der Waals surface area contributed by atoms with Gasteiger partial charge in [0.15, 0.2) is 0 Å². The molecule has 0 bridgehead atoms. The number of hydrogen-bond donors (Lipinski definition) is 0. The average Bonchev–Trinajstić information content (AvgIpc) is 2.09. The van der Waals surface area contributed by atoms with Gasteiger partial charge in [-0.1, -0.05) is 56.0 Å². The van der Waals surface area contributed by atoms with E-state index in [2.05, 4.69) is 37.8 Å². The lowest BCUT2D eigenvalue weighted by molar-refractivity contribution is 0.991. The fourth-order valence-electron chi connectivity index (χ4n) is 1.34. The van der Waals surface area contributed by atoms with Crippen LogP contribution in [0.1, 0.15) is 13.8 Å². The minimum absolute atomic E-state index is 0.480. The number of benzene rings is 1. The lowest BCUT2D eigenvalue weighted by atomic mass is 10.1. The van der Waals surface area contributed by atoms with E-state index in [4.69, 9.17) is 0 Å². The first kappa shape index (κ1) is 9.79. The fraction of sp³-hybridized carbons (Fsp3) is 0.231. The van der Waals surface area contributed by atoms with Gasteiger partial charge in [0, 0.05) is 0 Å². The van der Waals surface area contributed by atoms with Gasteiger partial charge in [-0.3, -0.25) is 0 Å². The highest BCUT2D eigenvalue weighted by atomic mass is 13.9. The summed E-state index contributed by atoms with van der Waals surface area (Å²) in [7, 11) is 0. The third kappa shape index (κ3) is 2.90. The molecule has 1 aromatic carbocycles. The summed E-state index contributed by atoms with van der Waals surface area (Å²) in [5.74, 6) is 0.480. The molecule has 0 aliphatic carbocycles. The van der Waals surface area contributed by atoms with Crippen LogP contribution in [0.5, 0.6) is 0 Å². The summed E-state index contributed by atoms with van der Waals surface area (Å²) in [6.07, 6.45) is 6.47. The van der Waals surface area contributed by atoms with E-state index in [1.54, 1.807) is 0 Å². The highest BCUT2D eigenvalue weighted by Crippen LogP contribution is 1.97. The zero-order chi connectivity index (χ0) is 9.68. The van der Waals surface area contributed by atoms with Crippen LogP contribution in [0.2, 0.25) is 0 Å². The molecule has 1 rings (SSSR count). The average molecular weight is 172 g/mol. The van der Waals surface area contributed by atoms with Crippen molar-refractivity contribution in [3.8, 4) is 0 Å². The summed E-state index contributed by atoms with van der Waals surface area (Å²) in [5.41, 5.74) is 0. The molecule has 1 atom stereocenters. The molecule has 0 heterocycles. The molecule has 0 amide bonds. The van der Waals surface area contributed by atoms with Crippen LogP contribution in [-0.2, 0) is 0 Å². The molecule has 0 saturated carbocycles. The molecule has 1 aromatic rings. The van der Waals surface area contributed by atoms with Crippen molar-refractivity contribution in [3.63, 3.8) is 0 Å². The van der Waals surface area contributed by atoms with Crippen LogP contribution in [-0.4, -0.2) is 0 Å². The highest BCUT2D eigenvalue weighted by molar-refractivity contribution is 5.31. The van der Waals surface area contributed by atoms with Crippen LogP contribution in [0, 0.1) is 5.92 Å². The number of rotatable bonds is 2. The first-order valence-electron chi connectivity index (χ1n) is 4.62. The van der Waals surface area contributed by atoms with E-state index in [0.717, 1.165) is 5.22 Å². The van der Waals surface area contributed by atoms with Crippen LogP contribution in [0.3, 0.4) is 0 Å². The van der Waals surface area contributed by atoms with E-state index in [0.29, 0.717) is 5.92 Å². The Kier molecular flexibility index (Phi) is 3.51. The zero-order valence-corrected chi connectivity index (χ0v) is 8.33. The Morgan fingerprint density at radius 2 is 2.00 bits per heavy atom. The third-order valence-corrected chi connectivity index (χ3v) is 1.99. The molecule has 13 heavy (non-hydrogen) atoms. The van der Waals surface area contributed by atoms with Gasteiger partial charge in [0.05, 0.1) is 0 Å². The van der Waals surface area contributed by atoms with Crippen molar-refractivity contribution in [3.05, 3.63) is 46.9 Å². The quantitative estimate of drug-likeness (QED) is 0.599. The molecule has 0 aliphatic rings. The van der Waals surface area contributed by atoms with Crippen LogP contribution < -0.4 is 10.4 Å². The SMILES string of the molecule is C=c1cccc/c1=C/C(C)/C=C\C. The van der Waals surface area contributed by atoms with E-state index in [-0.39, 0.29) is 0 Å². The summed E-state index contributed by atoms with van der Waals surface area (Å²) in [6.45, 7) is 8.19. The van der Waals surface area contributed by atoms with Gasteiger partial charge in [-0.25, -0.2) is 0 Å². The molecule has 0 radical (unpaired) electrons. The van der Waals surface area contributed by atoms with E-state index in [1.165, 1.54) is 5.22 Å². The summed E-state index contributed by atoms with van der Waals surface area (Å²) in [5, 5.41) is 2.33. The smallest absolute Gasteiger partial charge is 0.00728 e. The van der Waals surface area contributed by atoms with Crippen LogP contribution in [0.25, 0.3) is 12.7 Å². The Morgan fingerprint density at radius 3 is 2.62 bits per heavy atom. The van der Waals surface area contributed by atoms with Gasteiger partial charge in [0.1, 0.15) is 0 Å². The van der Waals surface area contributed by atoms with Crippen LogP contribution in [0.15, 0.2) is 36.4 Å². The zero-order valence-electron chi connectivity index (χ0n) is 8.33. The lowest BCUT2D eigenvalue weighted by Crippen LogP contribution is -2.22. The Morgan fingerprint density at radius 1 is 1.31 bits per heavy atom. The van der Waals surface area contributed by atoms with Crippen LogP contribution in [0.4, 0.5) is 0 Å². The maximum atomic E-state index is 3.98. The molecule has 1 unspecified atom stereocenters. The summed E-state index contributed by atoms with van der Waals surface area (Å²) in [6, 6.07) is 8.19. The first-order valence-corrected chi connectivity index (χ1v) is 4.62. The monoisotopic (exact) mass is 172 g/mol. The van der Waals surface area contributed by atoms with Gasteiger partial charge in [-0.05, 0) is 23.3 Å². The van der Waals surface area contributed by atoms with Gasteiger partial charge in [-0.15, -0.1) is 0 Å². The Labute approximate surface area is 79.9 Å². The molecule has 0 spiro atoms. The topological polar surface area (TPSA) is 0 Å². The second-order valence-corrected chi connectivity index (χ2v) is 3.25. The summed E-state index contributed by atoms with van der Waals surface area (Å²) in [4.78, 5) is 0. The van der Waals surface area contributed by atoms with Gasteiger partial charge in [-0.2, -0.15) is 0 Å². The standard InChI is InChI=1S/C13H16/c1-4-7-11(2)10-13-9-6-5-8-12(13)3/h4-11H,3H2,1-2H3/b7-4-,13-10-. The van der Waals surface area contributed by atoms with Crippen molar-refractivity contribution in [2.24, 2.45) is 5.92 Å². The maximum Gasteiger partial charge on any atom is -0.00728 e. The van der Waals surface area contributed by atoms with Crippen molar-refractivity contribution in [2.75, 3.05) is 0 Å². The Hall–Kier alpha value is -1.30. The van der Waals surface area contributed by atoms with E-state index < -0.39 is 0 Å². The third-order valence-electron chi connectivity index (χ3n) is 1.99. The predicted molar refractivity (Wildman–Crippen MR) is 59.7 cm³/mol. The minimum Gasteiger partial charge on any atom is -0.0912 e. The predicted octanol–water partition coefficient (Wildman–Crippen LogP) is 2.09. The molecule has 0 saturated heterocycles. The van der Waals surface area contributed by atoms with E-state index >= 15 is 0 Å². The Balaban J connectivity index is 3.07. The number of hydrogen-bond acceptors (Lipinski definition) is 0. The molecule has 0 heteroatoms. The van der Waals surface area contributed by atoms with Gasteiger partial charge < -0.3 is 0 Å². The molecule has 0 N–H and O–H groups in total. The fourth-order valence-corrected chi connectivity index (χ4v) is 1.34. The van der Waals surface area contributed by atoms with E-state index in [1.807, 2.05) is 25.1 Å². The molecular weight excluding hydrogens is 156 g/mol. The maximum absolute atomic E-state index is 3.98. The van der Waals surface area contributed by atoms with Crippen molar-refractivity contribution < 1.29 is 0 Å². The van der Waals surface area contributed by atoms with Crippen molar-refractivity contribution in [1.82, 2.24) is 0 Å². The normalized spacial score (nSPS) is 15.1. The van der Waals surface area contributed by atoms with E-state index in [9.17, 15) is 0 Å². The highest BCUT2D eigenvalue weighted by Gasteiger charge is 1.88. The molecule has 0 nitrogen and oxygen atoms in total.